The summed E-state index contributed by atoms with van der Waals surface area (Å²) in [5, 5.41) is 8.50. The van der Waals surface area contributed by atoms with E-state index in [0.717, 1.165) is 0 Å². The maximum Gasteiger partial charge on any atom is 0.350 e. The summed E-state index contributed by atoms with van der Waals surface area (Å²) in [6.45, 7) is 1.09. The summed E-state index contributed by atoms with van der Waals surface area (Å²) < 4.78 is 46.1. The van der Waals surface area contributed by atoms with Crippen LogP contribution in [-0.2, 0) is 10.0 Å². The van der Waals surface area contributed by atoms with Gasteiger partial charge in [0, 0.05) is 6.04 Å². The van der Waals surface area contributed by atoms with Crippen molar-refractivity contribution in [3.05, 3.63) is 0 Å². The van der Waals surface area contributed by atoms with Crippen LogP contribution in [0.5, 0.6) is 0 Å². The molecule has 0 rings (SSSR count). The molecule has 0 saturated carbocycles. The smallest absolute Gasteiger partial charge is 0.350 e. The molecule has 2 N–H and O–H groups in total. The second kappa shape index (κ2) is 4.68. The summed E-state index contributed by atoms with van der Waals surface area (Å²) >= 11 is 0. The van der Waals surface area contributed by atoms with Gasteiger partial charge in [0.2, 0.25) is 0 Å². The van der Waals surface area contributed by atoms with E-state index in [1.54, 1.807) is 11.6 Å². The van der Waals surface area contributed by atoms with Crippen LogP contribution in [0.15, 0.2) is 0 Å². The second-order valence-corrected chi connectivity index (χ2v) is 3.89. The maximum absolute atomic E-state index is 11.7. The average Bonchev–Trinajstić information content (AvgIpc) is 2.00. The summed E-state index contributed by atoms with van der Waals surface area (Å²) in [6, 6.07) is -0.830. The summed E-state index contributed by atoms with van der Waals surface area (Å²) in [7, 11) is -4.56. The van der Waals surface area contributed by atoms with E-state index in [0.29, 0.717) is 0 Å². The summed E-state index contributed by atoms with van der Waals surface area (Å²) in [5.74, 6) is -3.45. The summed E-state index contributed by atoms with van der Waals surface area (Å²) in [6.07, 6.45) is 0.266. The topological polar surface area (TPSA) is 66.4 Å². The maximum atomic E-state index is 11.7. The van der Waals surface area contributed by atoms with Gasteiger partial charge in [-0.3, -0.25) is 0 Å². The van der Waals surface area contributed by atoms with Gasteiger partial charge in [0.1, 0.15) is 0 Å². The quantitative estimate of drug-likeness (QED) is 0.655. The van der Waals surface area contributed by atoms with E-state index in [1.807, 2.05) is 0 Å². The van der Waals surface area contributed by atoms with Gasteiger partial charge in [-0.15, -0.1) is 0 Å². The van der Waals surface area contributed by atoms with Crippen molar-refractivity contribution in [1.82, 2.24) is 4.72 Å². The molecule has 12 heavy (non-hydrogen) atoms. The predicted octanol–water partition coefficient (Wildman–Crippen LogP) is -0.101. The molecule has 0 spiro atoms. The molecule has 4 nitrogen and oxygen atoms in total. The molecular formula is C5H11F2NO3S. The zero-order valence-electron chi connectivity index (χ0n) is 6.50. The van der Waals surface area contributed by atoms with E-state index in [2.05, 4.69) is 0 Å². The highest BCUT2D eigenvalue weighted by atomic mass is 32.2. The molecule has 0 aliphatic carbocycles. The van der Waals surface area contributed by atoms with Crippen LogP contribution < -0.4 is 4.72 Å². The van der Waals surface area contributed by atoms with Crippen molar-refractivity contribution in [2.75, 3.05) is 6.61 Å². The van der Waals surface area contributed by atoms with Crippen LogP contribution in [0.25, 0.3) is 0 Å². The fourth-order valence-electron chi connectivity index (χ4n) is 0.533. The molecule has 1 atom stereocenters. The van der Waals surface area contributed by atoms with E-state index < -0.39 is 28.4 Å². The first kappa shape index (κ1) is 11.7. The lowest BCUT2D eigenvalue weighted by Gasteiger charge is -2.13. The molecule has 1 unspecified atom stereocenters. The Balaban J connectivity index is 4.23. The number of aliphatic hydroxyl groups excluding tert-OH is 1. The van der Waals surface area contributed by atoms with Gasteiger partial charge in [-0.2, -0.15) is 8.78 Å². The third kappa shape index (κ3) is 3.42. The molecule has 0 aromatic rings. The fraction of sp³-hybridized carbons (Fsp3) is 1.00. The minimum atomic E-state index is -4.56. The third-order valence-electron chi connectivity index (χ3n) is 1.28. The lowest BCUT2D eigenvalue weighted by atomic mass is 10.3. The monoisotopic (exact) mass is 203 g/mol. The molecule has 0 amide bonds. The van der Waals surface area contributed by atoms with Crippen molar-refractivity contribution >= 4 is 10.0 Å². The largest absolute Gasteiger partial charge is 0.395 e. The Labute approximate surface area is 69.6 Å². The number of hydrogen-bond donors (Lipinski definition) is 2. The molecule has 0 aromatic heterocycles. The number of rotatable bonds is 5. The van der Waals surface area contributed by atoms with Crippen LogP contribution in [0.2, 0.25) is 0 Å². The fourth-order valence-corrected chi connectivity index (χ4v) is 1.34. The molecule has 7 heteroatoms. The van der Waals surface area contributed by atoms with Crippen molar-refractivity contribution in [2.24, 2.45) is 0 Å². The number of hydrogen-bond acceptors (Lipinski definition) is 3. The van der Waals surface area contributed by atoms with E-state index in [-0.39, 0.29) is 6.42 Å². The van der Waals surface area contributed by atoms with Crippen molar-refractivity contribution in [2.45, 2.75) is 25.1 Å². The number of sulfonamides is 1. The Hall–Kier alpha value is -0.270. The molecule has 0 heterocycles. The van der Waals surface area contributed by atoms with Crippen LogP contribution in [0, 0.1) is 0 Å². The molecule has 0 aliphatic rings. The van der Waals surface area contributed by atoms with Gasteiger partial charge in [-0.1, -0.05) is 6.92 Å². The lowest BCUT2D eigenvalue weighted by Crippen LogP contribution is -2.39. The molecule has 0 saturated heterocycles. The number of nitrogens with one attached hydrogen (secondary N) is 1. The van der Waals surface area contributed by atoms with E-state index in [4.69, 9.17) is 5.11 Å². The number of alkyl halides is 2. The van der Waals surface area contributed by atoms with Crippen LogP contribution in [0.3, 0.4) is 0 Å². The summed E-state index contributed by atoms with van der Waals surface area (Å²) in [4.78, 5) is 0. The standard InChI is InChI=1S/C5H11F2NO3S/c1-2-4(3-9)8-12(10,11)5(6)7/h4-5,8-9H,2-3H2,1H3. The van der Waals surface area contributed by atoms with E-state index in [1.165, 1.54) is 0 Å². The van der Waals surface area contributed by atoms with Gasteiger partial charge in [-0.05, 0) is 6.42 Å². The molecule has 0 radical (unpaired) electrons. The molecule has 74 valence electrons. The first-order chi connectivity index (χ1) is 5.44. The Morgan fingerprint density at radius 2 is 2.00 bits per heavy atom. The Bertz CT molecular complexity index is 213. The lowest BCUT2D eigenvalue weighted by molar-refractivity contribution is 0.223. The average molecular weight is 203 g/mol. The molecule has 0 bridgehead atoms. The van der Waals surface area contributed by atoms with Crippen molar-refractivity contribution in [1.29, 1.82) is 0 Å². The van der Waals surface area contributed by atoms with Crippen LogP contribution in [0.4, 0.5) is 8.78 Å². The second-order valence-electron chi connectivity index (χ2n) is 2.21. The zero-order valence-corrected chi connectivity index (χ0v) is 7.31. The molecular weight excluding hydrogens is 192 g/mol. The zero-order chi connectivity index (χ0) is 9.78. The van der Waals surface area contributed by atoms with E-state index in [9.17, 15) is 17.2 Å². The highest BCUT2D eigenvalue weighted by Crippen LogP contribution is 2.03. The van der Waals surface area contributed by atoms with Gasteiger partial charge in [0.25, 0.3) is 10.0 Å². The van der Waals surface area contributed by atoms with Crippen molar-refractivity contribution < 1.29 is 22.3 Å². The van der Waals surface area contributed by atoms with Gasteiger partial charge in [0.15, 0.2) is 0 Å². The van der Waals surface area contributed by atoms with Gasteiger partial charge in [0.05, 0.1) is 6.61 Å². The predicted molar refractivity (Wildman–Crippen MR) is 39.2 cm³/mol. The normalized spacial score (nSPS) is 15.1. The van der Waals surface area contributed by atoms with Crippen molar-refractivity contribution in [3.63, 3.8) is 0 Å². The van der Waals surface area contributed by atoms with Gasteiger partial charge in [-0.25, -0.2) is 13.1 Å². The SMILES string of the molecule is CCC(CO)NS(=O)(=O)C(F)F. The molecule has 0 aliphatic heterocycles. The highest BCUT2D eigenvalue weighted by molar-refractivity contribution is 7.89. The minimum Gasteiger partial charge on any atom is -0.395 e. The van der Waals surface area contributed by atoms with Crippen LogP contribution >= 0.6 is 0 Å². The van der Waals surface area contributed by atoms with Crippen LogP contribution in [-0.4, -0.2) is 31.9 Å². The minimum absolute atomic E-state index is 0.266. The van der Waals surface area contributed by atoms with Gasteiger partial charge < -0.3 is 5.11 Å². The number of aliphatic hydroxyl groups is 1. The van der Waals surface area contributed by atoms with Gasteiger partial charge >= 0.3 is 5.76 Å². The Morgan fingerprint density at radius 3 is 2.25 bits per heavy atom. The first-order valence-electron chi connectivity index (χ1n) is 3.34. The Kier molecular flexibility index (Phi) is 4.58. The first-order valence-corrected chi connectivity index (χ1v) is 4.88. The highest BCUT2D eigenvalue weighted by Gasteiger charge is 2.26. The van der Waals surface area contributed by atoms with Crippen LogP contribution in [0.1, 0.15) is 13.3 Å². The van der Waals surface area contributed by atoms with E-state index >= 15 is 0 Å². The Morgan fingerprint density at radius 1 is 1.50 bits per heavy atom. The molecule has 0 fully saturated rings. The van der Waals surface area contributed by atoms with Crippen molar-refractivity contribution in [3.8, 4) is 0 Å². The molecule has 0 aromatic carbocycles. The number of halogens is 2. The summed E-state index contributed by atoms with van der Waals surface area (Å²) in [5.41, 5.74) is 0. The third-order valence-corrected chi connectivity index (χ3v) is 2.41.